The lowest BCUT2D eigenvalue weighted by Crippen LogP contribution is -2.05. The molecule has 0 aromatic carbocycles. The molecule has 0 saturated carbocycles. The topological polar surface area (TPSA) is 76.7 Å². The number of aliphatic hydroxyl groups excluding tert-OH is 1. The molecule has 0 unspecified atom stereocenters. The van der Waals surface area contributed by atoms with Crippen LogP contribution >= 0.6 is 0 Å². The molecular weight excluding hydrogens is 194 g/mol. The largest absolute Gasteiger partial charge is 0.392 e. The lowest BCUT2D eigenvalue weighted by Gasteiger charge is -2.00. The summed E-state index contributed by atoms with van der Waals surface area (Å²) in [6, 6.07) is 0. The summed E-state index contributed by atoms with van der Waals surface area (Å²) in [6.07, 6.45) is 3.14. The molecule has 0 bridgehead atoms. The number of aliphatic hydroxyl groups is 1. The normalized spacial score (nSPS) is 10.6. The number of hydrogen-bond acceptors (Lipinski definition) is 5. The summed E-state index contributed by atoms with van der Waals surface area (Å²) < 4.78 is 1.57. The second kappa shape index (κ2) is 3.74. The number of aryl methyl sites for hydroxylation is 2. The summed E-state index contributed by atoms with van der Waals surface area (Å²) in [7, 11) is 0. The lowest BCUT2D eigenvalue weighted by molar-refractivity contribution is 0.281. The third kappa shape index (κ3) is 1.84. The Labute approximate surface area is 86.6 Å². The van der Waals surface area contributed by atoms with Gasteiger partial charge >= 0.3 is 0 Å². The van der Waals surface area contributed by atoms with Crippen molar-refractivity contribution in [2.24, 2.45) is 0 Å². The van der Waals surface area contributed by atoms with Gasteiger partial charge in [0.15, 0.2) is 0 Å². The molecule has 0 amide bonds. The predicted molar refractivity (Wildman–Crippen MR) is 52.3 cm³/mol. The van der Waals surface area contributed by atoms with Gasteiger partial charge in [0.25, 0.3) is 5.95 Å². The molecule has 0 saturated heterocycles. The maximum Gasteiger partial charge on any atom is 0.252 e. The number of hydrogen-bond donors (Lipinski definition) is 1. The highest BCUT2D eigenvalue weighted by atomic mass is 16.3. The third-order valence-electron chi connectivity index (χ3n) is 1.94. The van der Waals surface area contributed by atoms with Crippen molar-refractivity contribution in [2.45, 2.75) is 20.5 Å². The van der Waals surface area contributed by atoms with Gasteiger partial charge in [-0.25, -0.2) is 15.0 Å². The monoisotopic (exact) mass is 205 g/mol. The summed E-state index contributed by atoms with van der Waals surface area (Å²) in [5.41, 5.74) is 0.674. The molecule has 15 heavy (non-hydrogen) atoms. The van der Waals surface area contributed by atoms with Gasteiger partial charge in [-0.1, -0.05) is 0 Å². The quantitative estimate of drug-likeness (QED) is 0.756. The van der Waals surface area contributed by atoms with E-state index < -0.39 is 0 Å². The molecule has 1 N–H and O–H groups in total. The smallest absolute Gasteiger partial charge is 0.252 e. The fourth-order valence-electron chi connectivity index (χ4n) is 1.25. The van der Waals surface area contributed by atoms with Gasteiger partial charge in [0.1, 0.15) is 11.6 Å². The van der Waals surface area contributed by atoms with E-state index in [1.807, 2.05) is 13.8 Å². The van der Waals surface area contributed by atoms with Gasteiger partial charge in [-0.2, -0.15) is 4.68 Å². The van der Waals surface area contributed by atoms with Crippen molar-refractivity contribution in [1.82, 2.24) is 24.7 Å². The van der Waals surface area contributed by atoms with Crippen LogP contribution in [0.3, 0.4) is 0 Å². The van der Waals surface area contributed by atoms with E-state index in [1.54, 1.807) is 17.1 Å². The molecule has 0 atom stereocenters. The second-order valence-corrected chi connectivity index (χ2v) is 3.17. The van der Waals surface area contributed by atoms with Crippen molar-refractivity contribution in [1.29, 1.82) is 0 Å². The van der Waals surface area contributed by atoms with Crippen molar-refractivity contribution < 1.29 is 5.11 Å². The summed E-state index contributed by atoms with van der Waals surface area (Å²) in [4.78, 5) is 12.3. The lowest BCUT2D eigenvalue weighted by atomic mass is 10.4. The van der Waals surface area contributed by atoms with Gasteiger partial charge in [-0.05, 0) is 13.8 Å². The van der Waals surface area contributed by atoms with E-state index in [0.717, 1.165) is 5.82 Å². The molecule has 2 aromatic heterocycles. The Morgan fingerprint density at radius 3 is 2.40 bits per heavy atom. The average molecular weight is 205 g/mol. The average Bonchev–Trinajstić information content (AvgIpc) is 2.58. The molecule has 2 heterocycles. The zero-order valence-corrected chi connectivity index (χ0v) is 8.55. The van der Waals surface area contributed by atoms with Crippen LogP contribution < -0.4 is 0 Å². The molecule has 0 aliphatic heterocycles. The number of aromatic nitrogens is 5. The fraction of sp³-hybridized carbons (Fsp3) is 0.333. The highest BCUT2D eigenvalue weighted by Crippen LogP contribution is 2.04. The first-order chi connectivity index (χ1) is 7.20. The Morgan fingerprint density at radius 2 is 1.93 bits per heavy atom. The number of nitrogens with zero attached hydrogens (tertiary/aromatic N) is 5. The molecule has 0 fully saturated rings. The minimum absolute atomic E-state index is 0.0599. The first-order valence-electron chi connectivity index (χ1n) is 4.53. The van der Waals surface area contributed by atoms with Crippen LogP contribution in [-0.2, 0) is 6.61 Å². The van der Waals surface area contributed by atoms with Crippen molar-refractivity contribution in [3.8, 4) is 5.95 Å². The van der Waals surface area contributed by atoms with Crippen LogP contribution in [0, 0.1) is 13.8 Å². The molecule has 6 nitrogen and oxygen atoms in total. The Bertz CT molecular complexity index is 462. The van der Waals surface area contributed by atoms with Crippen molar-refractivity contribution in [3.63, 3.8) is 0 Å². The summed E-state index contributed by atoms with van der Waals surface area (Å²) in [5, 5.41) is 13.0. The zero-order valence-electron chi connectivity index (χ0n) is 8.55. The van der Waals surface area contributed by atoms with Crippen LogP contribution in [0.4, 0.5) is 0 Å². The summed E-state index contributed by atoms with van der Waals surface area (Å²) in [5.74, 6) is 1.89. The van der Waals surface area contributed by atoms with E-state index in [-0.39, 0.29) is 6.61 Å². The molecule has 78 valence electrons. The van der Waals surface area contributed by atoms with Crippen LogP contribution in [0.5, 0.6) is 0 Å². The van der Waals surface area contributed by atoms with E-state index in [2.05, 4.69) is 20.1 Å². The van der Waals surface area contributed by atoms with Gasteiger partial charge in [0.2, 0.25) is 0 Å². The molecular formula is C9H11N5O. The van der Waals surface area contributed by atoms with E-state index in [9.17, 15) is 0 Å². The number of rotatable bonds is 2. The van der Waals surface area contributed by atoms with Gasteiger partial charge in [-0.3, -0.25) is 0 Å². The maximum absolute atomic E-state index is 8.84. The van der Waals surface area contributed by atoms with Crippen LogP contribution in [0.25, 0.3) is 5.95 Å². The Morgan fingerprint density at radius 1 is 1.27 bits per heavy atom. The van der Waals surface area contributed by atoms with Gasteiger partial charge in [0, 0.05) is 18.0 Å². The maximum atomic E-state index is 8.84. The second-order valence-electron chi connectivity index (χ2n) is 3.17. The third-order valence-corrected chi connectivity index (χ3v) is 1.94. The minimum Gasteiger partial charge on any atom is -0.392 e. The van der Waals surface area contributed by atoms with Crippen LogP contribution in [0.15, 0.2) is 12.4 Å². The fourth-order valence-corrected chi connectivity index (χ4v) is 1.25. The standard InChI is InChI=1S/C9H11N5O/c1-6-12-7(2)14(13-6)9-10-3-8(5-15)4-11-9/h3-4,15H,5H2,1-2H3. The van der Waals surface area contributed by atoms with Crippen molar-refractivity contribution in [3.05, 3.63) is 29.6 Å². The first-order valence-corrected chi connectivity index (χ1v) is 4.53. The van der Waals surface area contributed by atoms with Crippen LogP contribution in [0.1, 0.15) is 17.2 Å². The van der Waals surface area contributed by atoms with E-state index in [4.69, 9.17) is 5.11 Å². The molecule has 0 aliphatic carbocycles. The Balaban J connectivity index is 2.41. The molecule has 0 spiro atoms. The SMILES string of the molecule is Cc1nc(C)n(-c2ncc(CO)cn2)n1. The van der Waals surface area contributed by atoms with Gasteiger partial charge in [-0.15, -0.1) is 5.10 Å². The molecule has 0 radical (unpaired) electrons. The van der Waals surface area contributed by atoms with E-state index >= 15 is 0 Å². The van der Waals surface area contributed by atoms with Crippen molar-refractivity contribution >= 4 is 0 Å². The summed E-state index contributed by atoms with van der Waals surface area (Å²) >= 11 is 0. The summed E-state index contributed by atoms with van der Waals surface area (Å²) in [6.45, 7) is 3.59. The zero-order chi connectivity index (χ0) is 10.8. The van der Waals surface area contributed by atoms with Crippen molar-refractivity contribution in [2.75, 3.05) is 0 Å². The van der Waals surface area contributed by atoms with Crippen LogP contribution in [0.2, 0.25) is 0 Å². The highest BCUT2D eigenvalue weighted by molar-refractivity contribution is 5.14. The highest BCUT2D eigenvalue weighted by Gasteiger charge is 2.06. The van der Waals surface area contributed by atoms with E-state index in [0.29, 0.717) is 17.3 Å². The van der Waals surface area contributed by atoms with Gasteiger partial charge < -0.3 is 5.11 Å². The minimum atomic E-state index is -0.0599. The van der Waals surface area contributed by atoms with Gasteiger partial charge in [0.05, 0.1) is 6.61 Å². The Hall–Kier alpha value is -1.82. The Kier molecular flexibility index (Phi) is 2.42. The molecule has 2 aromatic rings. The molecule has 2 rings (SSSR count). The molecule has 0 aliphatic rings. The van der Waals surface area contributed by atoms with E-state index in [1.165, 1.54) is 0 Å². The molecule has 6 heteroatoms. The first kappa shape index (κ1) is 9.72. The van der Waals surface area contributed by atoms with Crippen LogP contribution in [-0.4, -0.2) is 29.8 Å². The predicted octanol–water partition coefficient (Wildman–Crippen LogP) is 0.166.